The minimum Gasteiger partial charge on any atom is -0.465 e. The summed E-state index contributed by atoms with van der Waals surface area (Å²) in [6.45, 7) is 2.65. The van der Waals surface area contributed by atoms with Crippen LogP contribution in [-0.2, 0) is 19.1 Å². The zero-order valence-corrected chi connectivity index (χ0v) is 9.41. The Morgan fingerprint density at radius 1 is 1.29 bits per heavy atom. The van der Waals surface area contributed by atoms with E-state index in [-0.39, 0.29) is 19.3 Å². The Balaban J connectivity index is 5.17. The minimum atomic E-state index is -5.16. The minimum absolute atomic E-state index is 0.0468. The normalized spacial score (nSPS) is 14.9. The predicted molar refractivity (Wildman–Crippen MR) is 51.0 cm³/mol. The van der Waals surface area contributed by atoms with Crippen molar-refractivity contribution in [2.24, 2.45) is 11.8 Å². The van der Waals surface area contributed by atoms with Crippen molar-refractivity contribution >= 4 is 18.0 Å². The van der Waals surface area contributed by atoms with Gasteiger partial charge in [-0.3, -0.25) is 9.59 Å². The second-order valence-corrected chi connectivity index (χ2v) is 3.30. The second-order valence-electron chi connectivity index (χ2n) is 3.30. The van der Waals surface area contributed by atoms with Crippen molar-refractivity contribution in [1.82, 2.24) is 0 Å². The average Bonchev–Trinajstić information content (AvgIpc) is 2.23. The van der Waals surface area contributed by atoms with E-state index in [0.717, 1.165) is 0 Å². The van der Waals surface area contributed by atoms with Gasteiger partial charge in [0, 0.05) is 5.92 Å². The number of hydrogen-bond acceptors (Lipinski definition) is 4. The highest BCUT2D eigenvalue weighted by molar-refractivity contribution is 6.03. The van der Waals surface area contributed by atoms with Gasteiger partial charge in [0.15, 0.2) is 0 Å². The van der Waals surface area contributed by atoms with Crippen molar-refractivity contribution < 1.29 is 32.3 Å². The fourth-order valence-corrected chi connectivity index (χ4v) is 1.30. The fourth-order valence-electron chi connectivity index (χ4n) is 1.30. The number of carbonyl (C=O) groups excluding carboxylic acids is 3. The quantitative estimate of drug-likeness (QED) is 0.409. The first-order chi connectivity index (χ1) is 7.79. The molecule has 7 heteroatoms. The lowest BCUT2D eigenvalue weighted by Gasteiger charge is -2.19. The molecule has 0 rings (SSSR count). The third-order valence-electron chi connectivity index (χ3n) is 2.18. The molecule has 0 saturated heterocycles. The van der Waals surface area contributed by atoms with Crippen LogP contribution < -0.4 is 0 Å². The van der Waals surface area contributed by atoms with E-state index in [1.165, 1.54) is 13.8 Å². The maximum atomic E-state index is 12.3. The molecule has 0 aliphatic heterocycles. The van der Waals surface area contributed by atoms with Crippen LogP contribution in [0.2, 0.25) is 0 Å². The molecule has 0 radical (unpaired) electrons. The fraction of sp³-hybridized carbons (Fsp3) is 0.700. The van der Waals surface area contributed by atoms with E-state index < -0.39 is 29.8 Å². The lowest BCUT2D eigenvalue weighted by atomic mass is 9.87. The summed E-state index contributed by atoms with van der Waals surface area (Å²) in [5.41, 5.74) is 0. The molecule has 0 bridgehead atoms. The predicted octanol–water partition coefficient (Wildman–Crippen LogP) is 1.52. The summed E-state index contributed by atoms with van der Waals surface area (Å²) in [6, 6.07) is 0. The SMILES string of the molecule is CCOC(=O)C(C(=O)C(F)(F)F)C(C=O)CC. The van der Waals surface area contributed by atoms with Crippen molar-refractivity contribution in [1.29, 1.82) is 0 Å². The number of ketones is 1. The van der Waals surface area contributed by atoms with E-state index in [0.29, 0.717) is 0 Å². The highest BCUT2D eigenvalue weighted by Crippen LogP contribution is 2.27. The Morgan fingerprint density at radius 2 is 1.82 bits per heavy atom. The highest BCUT2D eigenvalue weighted by Gasteiger charge is 2.49. The molecule has 0 aromatic heterocycles. The Labute approximate surface area is 96.1 Å². The van der Waals surface area contributed by atoms with Crippen molar-refractivity contribution in [2.45, 2.75) is 26.4 Å². The number of alkyl halides is 3. The third kappa shape index (κ3) is 4.16. The molecular weight excluding hydrogens is 241 g/mol. The summed E-state index contributed by atoms with van der Waals surface area (Å²) in [5.74, 6) is -6.97. The van der Waals surface area contributed by atoms with Gasteiger partial charge in [0.05, 0.1) is 6.61 Å². The van der Waals surface area contributed by atoms with Crippen LogP contribution >= 0.6 is 0 Å². The Kier molecular flexibility index (Phi) is 5.84. The molecule has 0 amide bonds. The van der Waals surface area contributed by atoms with Gasteiger partial charge in [-0.1, -0.05) is 6.92 Å². The summed E-state index contributed by atoms with van der Waals surface area (Å²) >= 11 is 0. The molecule has 98 valence electrons. The molecule has 2 unspecified atom stereocenters. The summed E-state index contributed by atoms with van der Waals surface area (Å²) in [5, 5.41) is 0. The van der Waals surface area contributed by atoms with Crippen LogP contribution in [0, 0.1) is 11.8 Å². The largest absolute Gasteiger partial charge is 0.465 e. The van der Waals surface area contributed by atoms with E-state index in [9.17, 15) is 27.6 Å². The molecule has 2 atom stereocenters. The molecule has 0 saturated carbocycles. The third-order valence-corrected chi connectivity index (χ3v) is 2.18. The lowest BCUT2D eigenvalue weighted by molar-refractivity contribution is -0.183. The van der Waals surface area contributed by atoms with Crippen molar-refractivity contribution in [2.75, 3.05) is 6.61 Å². The number of aldehydes is 1. The maximum absolute atomic E-state index is 12.3. The van der Waals surface area contributed by atoms with Crippen molar-refractivity contribution in [3.8, 4) is 0 Å². The molecule has 0 aromatic carbocycles. The maximum Gasteiger partial charge on any atom is 0.450 e. The standard InChI is InChI=1S/C10H13F3O4/c1-3-6(5-14)7(9(16)17-4-2)8(15)10(11,12)13/h5-7H,3-4H2,1-2H3. The van der Waals surface area contributed by atoms with Crippen LogP contribution in [0.25, 0.3) is 0 Å². The molecule has 0 aliphatic rings. The number of esters is 1. The van der Waals surface area contributed by atoms with Gasteiger partial charge >= 0.3 is 12.1 Å². The Hall–Kier alpha value is -1.40. The number of carbonyl (C=O) groups is 3. The van der Waals surface area contributed by atoms with Gasteiger partial charge in [-0.25, -0.2) is 0 Å². The van der Waals surface area contributed by atoms with Gasteiger partial charge in [0.1, 0.15) is 12.2 Å². The average molecular weight is 254 g/mol. The number of rotatable bonds is 6. The summed E-state index contributed by atoms with van der Waals surface area (Å²) in [6.07, 6.45) is -5.03. The molecule has 0 spiro atoms. The monoisotopic (exact) mass is 254 g/mol. The molecule has 0 N–H and O–H groups in total. The number of ether oxygens (including phenoxy) is 1. The van der Waals surface area contributed by atoms with Gasteiger partial charge in [0.2, 0.25) is 0 Å². The smallest absolute Gasteiger partial charge is 0.450 e. The molecule has 0 aliphatic carbocycles. The van der Waals surface area contributed by atoms with E-state index >= 15 is 0 Å². The number of halogens is 3. The number of Topliss-reactive ketones (excluding diaryl/α,β-unsaturated/α-hetero) is 1. The van der Waals surface area contributed by atoms with Gasteiger partial charge in [0.25, 0.3) is 5.78 Å². The van der Waals surface area contributed by atoms with E-state index in [2.05, 4.69) is 4.74 Å². The zero-order chi connectivity index (χ0) is 13.6. The van der Waals surface area contributed by atoms with Crippen molar-refractivity contribution in [3.63, 3.8) is 0 Å². The zero-order valence-electron chi connectivity index (χ0n) is 9.41. The van der Waals surface area contributed by atoms with Crippen LogP contribution in [0.15, 0.2) is 0 Å². The van der Waals surface area contributed by atoms with Gasteiger partial charge in [-0.15, -0.1) is 0 Å². The Morgan fingerprint density at radius 3 is 2.12 bits per heavy atom. The first kappa shape index (κ1) is 15.6. The molecule has 0 fully saturated rings. The topological polar surface area (TPSA) is 60.4 Å². The molecule has 4 nitrogen and oxygen atoms in total. The molecule has 0 aromatic rings. The first-order valence-electron chi connectivity index (χ1n) is 5.02. The second kappa shape index (κ2) is 6.36. The molecule has 0 heterocycles. The van der Waals surface area contributed by atoms with Crippen LogP contribution in [0.3, 0.4) is 0 Å². The lowest BCUT2D eigenvalue weighted by Crippen LogP contribution is -2.41. The molecular formula is C10H13F3O4. The van der Waals surface area contributed by atoms with Gasteiger partial charge < -0.3 is 9.53 Å². The van der Waals surface area contributed by atoms with Gasteiger partial charge in [-0.05, 0) is 13.3 Å². The highest BCUT2D eigenvalue weighted by atomic mass is 19.4. The molecule has 17 heavy (non-hydrogen) atoms. The van der Waals surface area contributed by atoms with Crippen LogP contribution in [-0.4, -0.2) is 30.8 Å². The summed E-state index contributed by atoms with van der Waals surface area (Å²) in [4.78, 5) is 32.9. The summed E-state index contributed by atoms with van der Waals surface area (Å²) in [7, 11) is 0. The van der Waals surface area contributed by atoms with E-state index in [1.807, 2.05) is 0 Å². The van der Waals surface area contributed by atoms with Crippen LogP contribution in [0.1, 0.15) is 20.3 Å². The first-order valence-corrected chi connectivity index (χ1v) is 5.02. The van der Waals surface area contributed by atoms with Crippen molar-refractivity contribution in [3.05, 3.63) is 0 Å². The van der Waals surface area contributed by atoms with Crippen LogP contribution in [0.5, 0.6) is 0 Å². The van der Waals surface area contributed by atoms with Crippen LogP contribution in [0.4, 0.5) is 13.2 Å². The Bertz CT molecular complexity index is 298. The number of hydrogen-bond donors (Lipinski definition) is 0. The summed E-state index contributed by atoms with van der Waals surface area (Å²) < 4.78 is 41.2. The van der Waals surface area contributed by atoms with E-state index in [4.69, 9.17) is 0 Å². The van der Waals surface area contributed by atoms with E-state index in [1.54, 1.807) is 0 Å². The van der Waals surface area contributed by atoms with Gasteiger partial charge in [-0.2, -0.15) is 13.2 Å².